The molecule has 1 unspecified atom stereocenters. The Balaban J connectivity index is 1.75. The van der Waals surface area contributed by atoms with Crippen molar-refractivity contribution in [2.75, 3.05) is 13.2 Å². The van der Waals surface area contributed by atoms with E-state index in [0.717, 1.165) is 23.2 Å². The van der Waals surface area contributed by atoms with E-state index in [0.29, 0.717) is 13.2 Å². The molecule has 1 amide bonds. The number of hydrogen-bond acceptors (Lipinski definition) is 5. The van der Waals surface area contributed by atoms with Gasteiger partial charge in [0.2, 0.25) is 0 Å². The molecule has 1 aromatic heterocycles. The second-order valence-electron chi connectivity index (χ2n) is 6.74. The number of rotatable bonds is 3. The van der Waals surface area contributed by atoms with E-state index < -0.39 is 11.7 Å². The Labute approximate surface area is 141 Å². The van der Waals surface area contributed by atoms with Crippen LogP contribution in [-0.4, -0.2) is 29.8 Å². The molecule has 0 saturated carbocycles. The minimum absolute atomic E-state index is 0.201. The lowest BCUT2D eigenvalue weighted by molar-refractivity contribution is 0.0289. The van der Waals surface area contributed by atoms with E-state index in [1.165, 1.54) is 12.0 Å². The van der Waals surface area contributed by atoms with Crippen molar-refractivity contribution in [2.45, 2.75) is 38.9 Å². The van der Waals surface area contributed by atoms with E-state index in [2.05, 4.69) is 10.3 Å². The van der Waals surface area contributed by atoms with Gasteiger partial charge in [-0.05, 0) is 38.3 Å². The maximum Gasteiger partial charge on any atom is 0.407 e. The third kappa shape index (κ3) is 3.76. The van der Waals surface area contributed by atoms with Gasteiger partial charge in [-0.1, -0.05) is 18.2 Å². The van der Waals surface area contributed by atoms with Crippen molar-refractivity contribution in [3.8, 4) is 11.3 Å². The second kappa shape index (κ2) is 6.65. The first kappa shape index (κ1) is 16.5. The first-order chi connectivity index (χ1) is 11.4. The molecule has 6 heteroatoms. The van der Waals surface area contributed by atoms with E-state index in [1.54, 1.807) is 6.26 Å². The number of carbonyl (C=O) groups excluding carboxylic acids is 1. The largest absolute Gasteiger partial charge is 0.451 e. The molecule has 0 fully saturated rings. The molecule has 0 radical (unpaired) electrons. The number of ether oxygens (including phenoxy) is 2. The van der Waals surface area contributed by atoms with Gasteiger partial charge >= 0.3 is 6.09 Å². The summed E-state index contributed by atoms with van der Waals surface area (Å²) in [5.41, 5.74) is 3.60. The van der Waals surface area contributed by atoms with Crippen LogP contribution in [-0.2, 0) is 15.9 Å². The summed E-state index contributed by atoms with van der Waals surface area (Å²) in [6.45, 7) is 6.47. The number of oxazole rings is 1. The highest BCUT2D eigenvalue weighted by atomic mass is 16.6. The zero-order chi connectivity index (χ0) is 17.2. The summed E-state index contributed by atoms with van der Waals surface area (Å²) in [4.78, 5) is 16.1. The van der Waals surface area contributed by atoms with Gasteiger partial charge in [-0.15, -0.1) is 0 Å². The molecule has 0 bridgehead atoms. The second-order valence-corrected chi connectivity index (χ2v) is 6.74. The van der Waals surface area contributed by atoms with E-state index in [-0.39, 0.29) is 6.10 Å². The number of hydrogen-bond donors (Lipinski definition) is 1. The SMILES string of the molecule is CC(C)(C)OC(=O)NCC1OCCc2c(-c3cocn3)cccc21. The average molecular weight is 330 g/mol. The molecule has 6 nitrogen and oxygen atoms in total. The third-order valence-electron chi connectivity index (χ3n) is 3.77. The van der Waals surface area contributed by atoms with Gasteiger partial charge in [0, 0.05) is 5.56 Å². The Kier molecular flexibility index (Phi) is 4.57. The fourth-order valence-electron chi connectivity index (χ4n) is 2.82. The highest BCUT2D eigenvalue weighted by molar-refractivity contribution is 5.68. The van der Waals surface area contributed by atoms with Crippen LogP contribution in [0.2, 0.25) is 0 Å². The molecule has 1 atom stereocenters. The van der Waals surface area contributed by atoms with Crippen molar-refractivity contribution in [3.63, 3.8) is 0 Å². The summed E-state index contributed by atoms with van der Waals surface area (Å²) in [7, 11) is 0. The molecule has 1 aromatic carbocycles. The van der Waals surface area contributed by atoms with Crippen molar-refractivity contribution in [2.24, 2.45) is 0 Å². The van der Waals surface area contributed by atoms with Crippen molar-refractivity contribution >= 4 is 6.09 Å². The van der Waals surface area contributed by atoms with Crippen LogP contribution in [0, 0.1) is 0 Å². The molecule has 24 heavy (non-hydrogen) atoms. The maximum atomic E-state index is 11.9. The summed E-state index contributed by atoms with van der Waals surface area (Å²) in [5, 5.41) is 2.78. The van der Waals surface area contributed by atoms with Crippen LogP contribution in [0.5, 0.6) is 0 Å². The highest BCUT2D eigenvalue weighted by Crippen LogP contribution is 2.33. The number of fused-ring (bicyclic) bond motifs is 1. The highest BCUT2D eigenvalue weighted by Gasteiger charge is 2.25. The molecular formula is C18H22N2O4. The smallest absolute Gasteiger partial charge is 0.407 e. The zero-order valence-electron chi connectivity index (χ0n) is 14.2. The predicted molar refractivity (Wildman–Crippen MR) is 88.6 cm³/mol. The van der Waals surface area contributed by atoms with Gasteiger partial charge in [0.25, 0.3) is 0 Å². The summed E-state index contributed by atoms with van der Waals surface area (Å²) >= 11 is 0. The van der Waals surface area contributed by atoms with Gasteiger partial charge in [0.1, 0.15) is 23.7 Å². The molecular weight excluding hydrogens is 308 g/mol. The van der Waals surface area contributed by atoms with Crippen molar-refractivity contribution in [3.05, 3.63) is 42.0 Å². The average Bonchev–Trinajstić information content (AvgIpc) is 3.05. The Morgan fingerprint density at radius 3 is 2.96 bits per heavy atom. The first-order valence-electron chi connectivity index (χ1n) is 8.03. The van der Waals surface area contributed by atoms with Crippen LogP contribution in [0.15, 0.2) is 35.3 Å². The Hall–Kier alpha value is -2.34. The monoisotopic (exact) mass is 330 g/mol. The number of nitrogens with zero attached hydrogens (tertiary/aromatic N) is 1. The Morgan fingerprint density at radius 1 is 1.42 bits per heavy atom. The van der Waals surface area contributed by atoms with E-state index in [4.69, 9.17) is 13.9 Å². The maximum absolute atomic E-state index is 11.9. The molecule has 3 rings (SSSR count). The van der Waals surface area contributed by atoms with Crippen LogP contribution in [0.1, 0.15) is 38.0 Å². The molecule has 0 aliphatic carbocycles. The molecule has 0 saturated heterocycles. The third-order valence-corrected chi connectivity index (χ3v) is 3.77. The normalized spacial score (nSPS) is 17.2. The number of benzene rings is 1. The van der Waals surface area contributed by atoms with E-state index in [1.807, 2.05) is 39.0 Å². The van der Waals surface area contributed by atoms with Crippen LogP contribution >= 0.6 is 0 Å². The van der Waals surface area contributed by atoms with Gasteiger partial charge < -0.3 is 19.2 Å². The summed E-state index contributed by atoms with van der Waals surface area (Å²) in [6.07, 6.45) is 3.23. The van der Waals surface area contributed by atoms with E-state index >= 15 is 0 Å². The topological polar surface area (TPSA) is 73.6 Å². The lowest BCUT2D eigenvalue weighted by Crippen LogP contribution is -2.36. The van der Waals surface area contributed by atoms with Crippen molar-refractivity contribution in [1.29, 1.82) is 0 Å². The van der Waals surface area contributed by atoms with Crippen LogP contribution in [0.25, 0.3) is 11.3 Å². The fraction of sp³-hybridized carbons (Fsp3) is 0.444. The number of amides is 1. The van der Waals surface area contributed by atoms with Gasteiger partial charge in [-0.25, -0.2) is 9.78 Å². The Morgan fingerprint density at radius 2 is 2.25 bits per heavy atom. The molecule has 128 valence electrons. The lowest BCUT2D eigenvalue weighted by atomic mass is 9.91. The minimum Gasteiger partial charge on any atom is -0.451 e. The lowest BCUT2D eigenvalue weighted by Gasteiger charge is -2.28. The van der Waals surface area contributed by atoms with Crippen LogP contribution < -0.4 is 5.32 Å². The van der Waals surface area contributed by atoms with Gasteiger partial charge in [0.15, 0.2) is 6.39 Å². The van der Waals surface area contributed by atoms with E-state index in [9.17, 15) is 4.79 Å². The molecule has 1 aliphatic rings. The van der Waals surface area contributed by atoms with Gasteiger partial charge in [-0.2, -0.15) is 0 Å². The minimum atomic E-state index is -0.518. The van der Waals surface area contributed by atoms with Crippen LogP contribution in [0.3, 0.4) is 0 Å². The molecule has 1 aliphatic heterocycles. The van der Waals surface area contributed by atoms with Crippen molar-refractivity contribution in [1.82, 2.24) is 10.3 Å². The molecule has 2 heterocycles. The van der Waals surface area contributed by atoms with Crippen molar-refractivity contribution < 1.29 is 18.7 Å². The number of carbonyl (C=O) groups is 1. The van der Waals surface area contributed by atoms with Gasteiger partial charge in [0.05, 0.1) is 13.2 Å². The molecule has 2 aromatic rings. The molecule has 1 N–H and O–H groups in total. The summed E-state index contributed by atoms with van der Waals surface area (Å²) < 4.78 is 16.2. The Bertz CT molecular complexity index is 704. The van der Waals surface area contributed by atoms with Gasteiger partial charge in [-0.3, -0.25) is 0 Å². The standard InChI is InChI=1S/C18H22N2O4/c1-18(2,3)24-17(21)19-9-16-14-6-4-5-13(12(14)7-8-23-16)15-10-22-11-20-15/h4-6,10-11,16H,7-9H2,1-3H3,(H,19,21). The number of aromatic nitrogens is 1. The first-order valence-corrected chi connectivity index (χ1v) is 8.03. The quantitative estimate of drug-likeness (QED) is 0.932. The van der Waals surface area contributed by atoms with Crippen LogP contribution in [0.4, 0.5) is 4.79 Å². The number of alkyl carbamates (subject to hydrolysis) is 1. The number of nitrogens with one attached hydrogen (secondary N) is 1. The fourth-order valence-corrected chi connectivity index (χ4v) is 2.82. The summed E-state index contributed by atoms with van der Waals surface area (Å²) in [5.74, 6) is 0. The molecule has 0 spiro atoms. The zero-order valence-corrected chi connectivity index (χ0v) is 14.2. The summed E-state index contributed by atoms with van der Waals surface area (Å²) in [6, 6.07) is 6.03. The predicted octanol–water partition coefficient (Wildman–Crippen LogP) is 3.48.